The molecule has 1 aromatic heterocycles. The third-order valence-corrected chi connectivity index (χ3v) is 4.35. The topological polar surface area (TPSA) is 28.2 Å². The second-order valence-electron chi connectivity index (χ2n) is 5.78. The minimum atomic E-state index is 0.406. The molecule has 3 heteroatoms. The molecule has 0 amide bonds. The summed E-state index contributed by atoms with van der Waals surface area (Å²) in [4.78, 5) is 6.70. The van der Waals surface area contributed by atoms with Gasteiger partial charge in [-0.3, -0.25) is 4.98 Å². The molecule has 1 aliphatic rings. The first-order valence-corrected chi connectivity index (χ1v) is 7.72. The Kier molecular flexibility index (Phi) is 4.20. The van der Waals surface area contributed by atoms with Crippen LogP contribution >= 0.6 is 0 Å². The molecule has 2 aromatic rings. The summed E-state index contributed by atoms with van der Waals surface area (Å²) in [6.45, 7) is 4.28. The minimum absolute atomic E-state index is 0.406. The summed E-state index contributed by atoms with van der Waals surface area (Å²) >= 11 is 0. The van der Waals surface area contributed by atoms with Crippen molar-refractivity contribution in [3.8, 4) is 0 Å². The molecule has 1 aliphatic heterocycles. The van der Waals surface area contributed by atoms with Gasteiger partial charge in [-0.25, -0.2) is 0 Å². The summed E-state index contributed by atoms with van der Waals surface area (Å²) in [7, 11) is 2.01. The van der Waals surface area contributed by atoms with Crippen LogP contribution in [0.4, 0.5) is 5.69 Å². The highest BCUT2D eigenvalue weighted by Gasteiger charge is 2.18. The lowest BCUT2D eigenvalue weighted by atomic mass is 9.96. The van der Waals surface area contributed by atoms with Crippen molar-refractivity contribution in [3.05, 3.63) is 59.4 Å². The van der Waals surface area contributed by atoms with Crippen molar-refractivity contribution >= 4 is 5.69 Å². The second kappa shape index (κ2) is 6.27. The van der Waals surface area contributed by atoms with Crippen LogP contribution < -0.4 is 10.2 Å². The van der Waals surface area contributed by atoms with E-state index in [-0.39, 0.29) is 0 Å². The van der Waals surface area contributed by atoms with Crippen molar-refractivity contribution in [1.29, 1.82) is 0 Å². The smallest absolute Gasteiger partial charge is 0.0444 e. The Bertz CT molecular complexity index is 595. The fourth-order valence-electron chi connectivity index (χ4n) is 3.01. The maximum Gasteiger partial charge on any atom is 0.0444 e. The lowest BCUT2D eigenvalue weighted by Gasteiger charge is -2.32. The zero-order valence-corrected chi connectivity index (χ0v) is 12.8. The molecule has 0 saturated heterocycles. The molecule has 1 unspecified atom stereocenters. The van der Waals surface area contributed by atoms with Crippen LogP contribution in [0.25, 0.3) is 0 Å². The molecule has 1 atom stereocenters. The summed E-state index contributed by atoms with van der Waals surface area (Å²) in [6.07, 6.45) is 6.21. The van der Waals surface area contributed by atoms with Gasteiger partial charge in [0.1, 0.15) is 0 Å². The standard InChI is InChI=1S/C18H23N3/c1-14(19-2)16-7-8-18-17(11-16)6-4-10-21(18)13-15-5-3-9-20-12-15/h3,5,7-9,11-12,14,19H,4,6,10,13H2,1-2H3. The Balaban J connectivity index is 1.85. The first-order chi connectivity index (χ1) is 10.3. The van der Waals surface area contributed by atoms with Gasteiger partial charge in [0.2, 0.25) is 0 Å². The van der Waals surface area contributed by atoms with Crippen molar-refractivity contribution in [2.45, 2.75) is 32.4 Å². The number of benzene rings is 1. The van der Waals surface area contributed by atoms with Crippen LogP contribution in [-0.2, 0) is 13.0 Å². The van der Waals surface area contributed by atoms with E-state index in [4.69, 9.17) is 0 Å². The Morgan fingerprint density at radius 2 is 2.24 bits per heavy atom. The largest absolute Gasteiger partial charge is 0.367 e. The number of nitrogens with zero attached hydrogens (tertiary/aromatic N) is 2. The highest BCUT2D eigenvalue weighted by atomic mass is 15.1. The van der Waals surface area contributed by atoms with Crippen molar-refractivity contribution < 1.29 is 0 Å². The van der Waals surface area contributed by atoms with Crippen molar-refractivity contribution in [2.75, 3.05) is 18.5 Å². The molecule has 21 heavy (non-hydrogen) atoms. The SMILES string of the molecule is CNC(C)c1ccc2c(c1)CCCN2Cc1cccnc1. The van der Waals surface area contributed by atoms with Crippen LogP contribution in [0.15, 0.2) is 42.7 Å². The van der Waals surface area contributed by atoms with Crippen LogP contribution in [0.5, 0.6) is 0 Å². The van der Waals surface area contributed by atoms with Crippen LogP contribution in [0.1, 0.15) is 36.1 Å². The molecule has 1 N–H and O–H groups in total. The van der Waals surface area contributed by atoms with Gasteiger partial charge in [-0.15, -0.1) is 0 Å². The van der Waals surface area contributed by atoms with Gasteiger partial charge in [-0.2, -0.15) is 0 Å². The first kappa shape index (κ1) is 14.1. The Hall–Kier alpha value is -1.87. The third-order valence-electron chi connectivity index (χ3n) is 4.35. The van der Waals surface area contributed by atoms with E-state index < -0.39 is 0 Å². The Labute approximate surface area is 127 Å². The average Bonchev–Trinajstić information content (AvgIpc) is 2.55. The van der Waals surface area contributed by atoms with E-state index in [0.717, 1.165) is 13.1 Å². The lowest BCUT2D eigenvalue weighted by Crippen LogP contribution is -2.29. The number of anilines is 1. The summed E-state index contributed by atoms with van der Waals surface area (Å²) in [5.74, 6) is 0. The molecule has 0 aliphatic carbocycles. The molecule has 3 nitrogen and oxygen atoms in total. The highest BCUT2D eigenvalue weighted by Crippen LogP contribution is 2.30. The molecule has 0 radical (unpaired) electrons. The van der Waals surface area contributed by atoms with E-state index in [2.05, 4.69) is 46.4 Å². The number of nitrogens with one attached hydrogen (secondary N) is 1. The lowest BCUT2D eigenvalue weighted by molar-refractivity contribution is 0.645. The van der Waals surface area contributed by atoms with Crippen molar-refractivity contribution in [2.24, 2.45) is 0 Å². The van der Waals surface area contributed by atoms with E-state index in [0.29, 0.717) is 6.04 Å². The van der Waals surface area contributed by atoms with Crippen LogP contribution in [0, 0.1) is 0 Å². The number of aromatic nitrogens is 1. The van der Waals surface area contributed by atoms with Crippen LogP contribution in [0.2, 0.25) is 0 Å². The molecule has 110 valence electrons. The van der Waals surface area contributed by atoms with E-state index in [1.165, 1.54) is 35.2 Å². The van der Waals surface area contributed by atoms with Gasteiger partial charge in [0.15, 0.2) is 0 Å². The average molecular weight is 281 g/mol. The zero-order chi connectivity index (χ0) is 14.7. The number of rotatable bonds is 4. The second-order valence-corrected chi connectivity index (χ2v) is 5.78. The normalized spacial score (nSPS) is 15.6. The monoisotopic (exact) mass is 281 g/mol. The molecule has 1 aromatic carbocycles. The molecule has 0 bridgehead atoms. The van der Waals surface area contributed by atoms with Gasteiger partial charge < -0.3 is 10.2 Å². The van der Waals surface area contributed by atoms with E-state index in [1.54, 1.807) is 0 Å². The zero-order valence-electron chi connectivity index (χ0n) is 12.8. The van der Waals surface area contributed by atoms with Crippen molar-refractivity contribution in [1.82, 2.24) is 10.3 Å². The summed E-state index contributed by atoms with van der Waals surface area (Å²) in [5.41, 5.74) is 5.51. The summed E-state index contributed by atoms with van der Waals surface area (Å²) in [6, 6.07) is 11.5. The number of aryl methyl sites for hydroxylation is 1. The van der Waals surface area contributed by atoms with Crippen molar-refractivity contribution in [3.63, 3.8) is 0 Å². The molecule has 0 spiro atoms. The maximum absolute atomic E-state index is 4.22. The van der Waals surface area contributed by atoms with Gasteiger partial charge in [-0.1, -0.05) is 18.2 Å². The number of pyridine rings is 1. The maximum atomic E-state index is 4.22. The summed E-state index contributed by atoms with van der Waals surface area (Å²) in [5, 5.41) is 3.32. The van der Waals surface area contributed by atoms with Gasteiger partial charge >= 0.3 is 0 Å². The minimum Gasteiger partial charge on any atom is -0.367 e. The predicted octanol–water partition coefficient (Wildman–Crippen LogP) is 3.31. The van der Waals surface area contributed by atoms with E-state index in [9.17, 15) is 0 Å². The van der Waals surface area contributed by atoms with Gasteiger partial charge in [0, 0.05) is 37.2 Å². The van der Waals surface area contributed by atoms with Gasteiger partial charge in [0.25, 0.3) is 0 Å². The fourth-order valence-corrected chi connectivity index (χ4v) is 3.01. The number of fused-ring (bicyclic) bond motifs is 1. The van der Waals surface area contributed by atoms with E-state index >= 15 is 0 Å². The first-order valence-electron chi connectivity index (χ1n) is 7.72. The molecular weight excluding hydrogens is 258 g/mol. The number of hydrogen-bond acceptors (Lipinski definition) is 3. The Morgan fingerprint density at radius 1 is 1.33 bits per heavy atom. The van der Waals surface area contributed by atoms with Gasteiger partial charge in [0.05, 0.1) is 0 Å². The van der Waals surface area contributed by atoms with Crippen LogP contribution in [-0.4, -0.2) is 18.6 Å². The molecule has 2 heterocycles. The highest BCUT2D eigenvalue weighted by molar-refractivity contribution is 5.57. The molecule has 3 rings (SSSR count). The van der Waals surface area contributed by atoms with Crippen LogP contribution in [0.3, 0.4) is 0 Å². The fraction of sp³-hybridized carbons (Fsp3) is 0.389. The quantitative estimate of drug-likeness (QED) is 0.932. The van der Waals surface area contributed by atoms with Gasteiger partial charge in [-0.05, 0) is 55.6 Å². The molecule has 0 saturated carbocycles. The van der Waals surface area contributed by atoms with E-state index in [1.807, 2.05) is 25.5 Å². The predicted molar refractivity (Wildman–Crippen MR) is 87.5 cm³/mol. The number of hydrogen-bond donors (Lipinski definition) is 1. The third kappa shape index (κ3) is 3.08. The summed E-state index contributed by atoms with van der Waals surface area (Å²) < 4.78 is 0. The Morgan fingerprint density at radius 3 is 3.00 bits per heavy atom. The molecule has 0 fully saturated rings. The molecular formula is C18H23N3.